The van der Waals surface area contributed by atoms with Gasteiger partial charge in [0.1, 0.15) is 5.60 Å². The number of carbonyl (C=O) groups is 2. The largest absolute Gasteiger partial charge is 0.443 e. The van der Waals surface area contributed by atoms with Crippen molar-refractivity contribution in [1.82, 2.24) is 10.0 Å². The molecule has 3 amide bonds. The highest BCUT2D eigenvalue weighted by Crippen LogP contribution is 2.18. The van der Waals surface area contributed by atoms with Crippen molar-refractivity contribution in [2.24, 2.45) is 5.92 Å². The molecule has 7 heteroatoms. The predicted molar refractivity (Wildman–Crippen MR) is 73.9 cm³/mol. The van der Waals surface area contributed by atoms with Crippen molar-refractivity contribution in [2.45, 2.75) is 39.2 Å². The lowest BCUT2D eigenvalue weighted by Gasteiger charge is -2.21. The molecule has 19 heavy (non-hydrogen) atoms. The molecule has 0 aromatic rings. The van der Waals surface area contributed by atoms with Gasteiger partial charge in [0.05, 0.1) is 0 Å². The molecule has 1 aliphatic heterocycles. The predicted octanol–water partition coefficient (Wildman–Crippen LogP) is 2.30. The van der Waals surface area contributed by atoms with Crippen LogP contribution in [0, 0.1) is 5.92 Å². The molecule has 1 aliphatic rings. The van der Waals surface area contributed by atoms with Gasteiger partial charge in [-0.25, -0.2) is 14.9 Å². The second-order valence-electron chi connectivity index (χ2n) is 5.42. The Bertz CT molecular complexity index is 311. The van der Waals surface area contributed by atoms with Crippen LogP contribution < -0.4 is 10.0 Å². The van der Waals surface area contributed by atoms with E-state index in [0.717, 1.165) is 31.8 Å². The summed E-state index contributed by atoms with van der Waals surface area (Å²) >= 11 is 1.30. The fourth-order valence-electron chi connectivity index (χ4n) is 1.56. The molecular weight excluding hydrogens is 268 g/mol. The fourth-order valence-corrected chi connectivity index (χ4v) is 2.39. The van der Waals surface area contributed by atoms with E-state index in [-0.39, 0.29) is 0 Å². The summed E-state index contributed by atoms with van der Waals surface area (Å²) in [7, 11) is 0. The van der Waals surface area contributed by atoms with E-state index in [9.17, 15) is 9.59 Å². The molecule has 1 heterocycles. The summed E-state index contributed by atoms with van der Waals surface area (Å²) in [5.41, 5.74) is -0.612. The molecule has 0 aliphatic carbocycles. The van der Waals surface area contributed by atoms with Crippen molar-refractivity contribution in [3.8, 4) is 0 Å². The van der Waals surface area contributed by atoms with E-state index in [1.54, 1.807) is 20.8 Å². The Labute approximate surface area is 118 Å². The Morgan fingerprint density at radius 2 is 1.95 bits per heavy atom. The Morgan fingerprint density at radius 3 is 2.53 bits per heavy atom. The molecule has 1 saturated heterocycles. The molecule has 0 bridgehead atoms. The topological polar surface area (TPSA) is 76.7 Å². The molecule has 6 nitrogen and oxygen atoms in total. The lowest BCUT2D eigenvalue weighted by Crippen LogP contribution is -2.40. The minimum absolute atomic E-state index is 0.550. The summed E-state index contributed by atoms with van der Waals surface area (Å²) < 4.78 is 12.8. The number of nitrogens with one attached hydrogen (secondary N) is 2. The van der Waals surface area contributed by atoms with Gasteiger partial charge < -0.3 is 9.47 Å². The van der Waals surface area contributed by atoms with E-state index in [1.165, 1.54) is 11.9 Å². The number of carbonyl (C=O) groups excluding carboxylic acids is 2. The van der Waals surface area contributed by atoms with Crippen molar-refractivity contribution in [2.75, 3.05) is 19.0 Å². The van der Waals surface area contributed by atoms with Crippen LogP contribution in [0.1, 0.15) is 33.6 Å². The number of hydrogen-bond acceptors (Lipinski definition) is 5. The smallest absolute Gasteiger partial charge is 0.415 e. The van der Waals surface area contributed by atoms with Gasteiger partial charge in [-0.1, -0.05) is 0 Å². The van der Waals surface area contributed by atoms with Crippen molar-refractivity contribution in [1.29, 1.82) is 0 Å². The van der Waals surface area contributed by atoms with Gasteiger partial charge in [-0.05, 0) is 51.5 Å². The molecule has 1 rings (SSSR count). The molecule has 0 aromatic carbocycles. The third-order valence-corrected chi connectivity index (χ3v) is 3.41. The number of urea groups is 1. The van der Waals surface area contributed by atoms with Gasteiger partial charge in [0.2, 0.25) is 0 Å². The SMILES string of the molecule is CC(C)(C)OC(=O)NC(=O)NSCC1CCOCC1. The maximum atomic E-state index is 11.4. The van der Waals surface area contributed by atoms with Crippen LogP contribution in [0.3, 0.4) is 0 Å². The van der Waals surface area contributed by atoms with Crippen molar-refractivity contribution in [3.05, 3.63) is 0 Å². The van der Waals surface area contributed by atoms with Gasteiger partial charge in [0.15, 0.2) is 0 Å². The quantitative estimate of drug-likeness (QED) is 0.780. The first-order valence-electron chi connectivity index (χ1n) is 6.36. The summed E-state index contributed by atoms with van der Waals surface area (Å²) in [5.74, 6) is 1.38. The summed E-state index contributed by atoms with van der Waals surface area (Å²) in [4.78, 5) is 22.7. The molecular formula is C12H22N2O4S. The minimum atomic E-state index is -0.739. The van der Waals surface area contributed by atoms with Crippen LogP contribution in [0.2, 0.25) is 0 Å². The number of amides is 3. The molecule has 0 spiro atoms. The van der Waals surface area contributed by atoms with Crippen LogP contribution in [-0.4, -0.2) is 36.7 Å². The zero-order valence-electron chi connectivity index (χ0n) is 11.7. The molecule has 0 atom stereocenters. The van der Waals surface area contributed by atoms with Crippen LogP contribution in [0.4, 0.5) is 9.59 Å². The zero-order valence-corrected chi connectivity index (χ0v) is 12.5. The van der Waals surface area contributed by atoms with E-state index in [1.807, 2.05) is 0 Å². The lowest BCUT2D eigenvalue weighted by atomic mass is 10.0. The lowest BCUT2D eigenvalue weighted by molar-refractivity contribution is 0.0549. The standard InChI is InChI=1S/C12H22N2O4S/c1-12(2,3)18-11(16)13-10(15)14-19-8-9-4-6-17-7-5-9/h9H,4-8H2,1-3H3,(H2,13,14,15,16). The first-order valence-corrected chi connectivity index (χ1v) is 7.35. The van der Waals surface area contributed by atoms with Gasteiger partial charge in [0, 0.05) is 19.0 Å². The second-order valence-corrected chi connectivity index (χ2v) is 6.25. The monoisotopic (exact) mass is 290 g/mol. The van der Waals surface area contributed by atoms with Crippen molar-refractivity contribution in [3.63, 3.8) is 0 Å². The Balaban J connectivity index is 2.12. The minimum Gasteiger partial charge on any atom is -0.443 e. The maximum Gasteiger partial charge on any atom is 0.415 e. The van der Waals surface area contributed by atoms with E-state index in [2.05, 4.69) is 10.0 Å². The highest BCUT2D eigenvalue weighted by atomic mass is 32.2. The van der Waals surface area contributed by atoms with Crippen LogP contribution in [0.5, 0.6) is 0 Å². The normalized spacial score (nSPS) is 16.8. The van der Waals surface area contributed by atoms with Crippen LogP contribution in [-0.2, 0) is 9.47 Å². The summed E-state index contributed by atoms with van der Waals surface area (Å²) in [5, 5.41) is 2.12. The van der Waals surface area contributed by atoms with Gasteiger partial charge in [-0.3, -0.25) is 4.72 Å². The Hall–Kier alpha value is -0.950. The van der Waals surface area contributed by atoms with Crippen molar-refractivity contribution < 1.29 is 19.1 Å². The molecule has 0 aromatic heterocycles. The molecule has 1 fully saturated rings. The zero-order chi connectivity index (χ0) is 14.3. The number of ether oxygens (including phenoxy) is 2. The second kappa shape index (κ2) is 7.59. The van der Waals surface area contributed by atoms with Crippen LogP contribution in [0.15, 0.2) is 0 Å². The number of rotatable bonds is 3. The van der Waals surface area contributed by atoms with Gasteiger partial charge >= 0.3 is 12.1 Å². The highest BCUT2D eigenvalue weighted by molar-refractivity contribution is 7.97. The van der Waals surface area contributed by atoms with Crippen molar-refractivity contribution >= 4 is 24.1 Å². The van der Waals surface area contributed by atoms with Crippen LogP contribution in [0.25, 0.3) is 0 Å². The summed E-state index contributed by atoms with van der Waals surface area (Å²) in [6, 6.07) is -0.550. The van der Waals surface area contributed by atoms with E-state index >= 15 is 0 Å². The Morgan fingerprint density at radius 1 is 1.32 bits per heavy atom. The van der Waals surface area contributed by atoms with Gasteiger partial charge in [-0.15, -0.1) is 0 Å². The van der Waals surface area contributed by atoms with E-state index in [0.29, 0.717) is 5.92 Å². The molecule has 2 N–H and O–H groups in total. The number of imide groups is 1. The fraction of sp³-hybridized carbons (Fsp3) is 0.833. The third kappa shape index (κ3) is 7.94. The van der Waals surface area contributed by atoms with E-state index in [4.69, 9.17) is 9.47 Å². The first kappa shape index (κ1) is 16.1. The van der Waals surface area contributed by atoms with Gasteiger partial charge in [0.25, 0.3) is 0 Å². The molecule has 110 valence electrons. The third-order valence-electron chi connectivity index (χ3n) is 2.44. The maximum absolute atomic E-state index is 11.4. The first-order chi connectivity index (χ1) is 8.87. The number of alkyl carbamates (subject to hydrolysis) is 1. The molecule has 0 unspecified atom stereocenters. The average molecular weight is 290 g/mol. The average Bonchev–Trinajstić information content (AvgIpc) is 2.27. The summed E-state index contributed by atoms with van der Waals surface area (Å²) in [6.07, 6.45) is 1.29. The Kier molecular flexibility index (Phi) is 6.44. The van der Waals surface area contributed by atoms with Gasteiger partial charge in [-0.2, -0.15) is 0 Å². The van der Waals surface area contributed by atoms with Crippen LogP contribution >= 0.6 is 11.9 Å². The molecule has 0 saturated carbocycles. The molecule has 0 radical (unpaired) electrons. The highest BCUT2D eigenvalue weighted by Gasteiger charge is 2.18. The number of hydrogen-bond donors (Lipinski definition) is 2. The summed E-state index contributed by atoms with van der Waals surface area (Å²) in [6.45, 7) is 6.80. The van der Waals surface area contributed by atoms with E-state index < -0.39 is 17.7 Å².